The molecule has 3 nitrogen and oxygen atoms in total. The highest BCUT2D eigenvalue weighted by molar-refractivity contribution is 4.62. The van der Waals surface area contributed by atoms with Gasteiger partial charge in [-0.1, -0.05) is 13.3 Å². The van der Waals surface area contributed by atoms with Crippen molar-refractivity contribution in [3.05, 3.63) is 0 Å². The Morgan fingerprint density at radius 1 is 1.20 bits per heavy atom. The van der Waals surface area contributed by atoms with Gasteiger partial charge in [-0.2, -0.15) is 0 Å². The Labute approximate surface area is 93.4 Å². The molecule has 1 aliphatic rings. The third-order valence-corrected chi connectivity index (χ3v) is 2.99. The third-order valence-electron chi connectivity index (χ3n) is 2.99. The molecule has 0 radical (unpaired) electrons. The van der Waals surface area contributed by atoms with Gasteiger partial charge in [-0.15, -0.1) is 0 Å². The van der Waals surface area contributed by atoms with Crippen LogP contribution in [0.4, 0.5) is 0 Å². The summed E-state index contributed by atoms with van der Waals surface area (Å²) in [5.41, 5.74) is 0. The summed E-state index contributed by atoms with van der Waals surface area (Å²) in [7, 11) is 0. The second-order valence-electron chi connectivity index (χ2n) is 4.39. The molecular formula is C12H25NO2. The van der Waals surface area contributed by atoms with Crippen molar-refractivity contribution in [3.63, 3.8) is 0 Å². The summed E-state index contributed by atoms with van der Waals surface area (Å²) in [6.45, 7) is 7.23. The first-order valence-electron chi connectivity index (χ1n) is 6.31. The molecule has 90 valence electrons. The van der Waals surface area contributed by atoms with Crippen LogP contribution in [-0.4, -0.2) is 49.0 Å². The van der Waals surface area contributed by atoms with Gasteiger partial charge in [0.15, 0.2) is 0 Å². The quantitative estimate of drug-likeness (QED) is 0.655. The molecule has 1 N–H and O–H groups in total. The predicted octanol–water partition coefficient (Wildman–Crippen LogP) is 1.65. The van der Waals surface area contributed by atoms with Crippen LogP contribution in [0, 0.1) is 0 Å². The average Bonchev–Trinajstić information content (AvgIpc) is 2.26. The minimum atomic E-state index is -0.0697. The van der Waals surface area contributed by atoms with E-state index < -0.39 is 0 Å². The number of rotatable bonds is 7. The van der Waals surface area contributed by atoms with Crippen LogP contribution in [0.25, 0.3) is 0 Å². The molecule has 0 bridgehead atoms. The monoisotopic (exact) mass is 215 g/mol. The van der Waals surface area contributed by atoms with Gasteiger partial charge in [0.05, 0.1) is 19.3 Å². The molecule has 1 atom stereocenters. The van der Waals surface area contributed by atoms with Crippen LogP contribution in [0.3, 0.4) is 0 Å². The van der Waals surface area contributed by atoms with Crippen molar-refractivity contribution in [1.29, 1.82) is 0 Å². The summed E-state index contributed by atoms with van der Waals surface area (Å²) in [6.07, 6.45) is 5.30. The third kappa shape index (κ3) is 6.13. The van der Waals surface area contributed by atoms with E-state index in [0.717, 1.165) is 52.0 Å². The summed E-state index contributed by atoms with van der Waals surface area (Å²) in [6, 6.07) is 0. The molecule has 1 aliphatic heterocycles. The van der Waals surface area contributed by atoms with E-state index in [-0.39, 0.29) is 6.10 Å². The fraction of sp³-hybridized carbons (Fsp3) is 1.00. The predicted molar refractivity (Wildman–Crippen MR) is 62.0 cm³/mol. The van der Waals surface area contributed by atoms with Gasteiger partial charge in [-0.05, 0) is 32.2 Å². The Bertz CT molecular complexity index is 147. The van der Waals surface area contributed by atoms with Crippen molar-refractivity contribution < 1.29 is 9.84 Å². The average molecular weight is 215 g/mol. The first-order valence-corrected chi connectivity index (χ1v) is 6.31. The molecule has 1 fully saturated rings. The summed E-state index contributed by atoms with van der Waals surface area (Å²) in [5, 5.41) is 9.55. The molecule has 1 saturated heterocycles. The molecule has 0 spiro atoms. The molecule has 1 rings (SSSR count). The Balaban J connectivity index is 1.91. The van der Waals surface area contributed by atoms with Gasteiger partial charge in [-0.3, -0.25) is 4.90 Å². The first kappa shape index (κ1) is 12.9. The fourth-order valence-electron chi connectivity index (χ4n) is 2.02. The number of aliphatic hydroxyl groups is 1. The zero-order chi connectivity index (χ0) is 10.9. The molecule has 0 saturated carbocycles. The van der Waals surface area contributed by atoms with Crippen molar-refractivity contribution in [3.8, 4) is 0 Å². The maximum atomic E-state index is 9.55. The van der Waals surface area contributed by atoms with Crippen molar-refractivity contribution >= 4 is 0 Å². The van der Waals surface area contributed by atoms with Crippen LogP contribution in [-0.2, 0) is 4.74 Å². The number of morpholine rings is 1. The molecule has 0 aromatic carbocycles. The second-order valence-corrected chi connectivity index (χ2v) is 4.39. The van der Waals surface area contributed by atoms with Crippen molar-refractivity contribution in [2.24, 2.45) is 0 Å². The second kappa shape index (κ2) is 8.08. The van der Waals surface area contributed by atoms with Crippen molar-refractivity contribution in [1.82, 2.24) is 4.90 Å². The molecule has 3 heteroatoms. The van der Waals surface area contributed by atoms with E-state index in [0.29, 0.717) is 0 Å². The minimum absolute atomic E-state index is 0.0697. The van der Waals surface area contributed by atoms with E-state index in [2.05, 4.69) is 11.8 Å². The van der Waals surface area contributed by atoms with Crippen LogP contribution >= 0.6 is 0 Å². The highest BCUT2D eigenvalue weighted by Gasteiger charge is 2.09. The van der Waals surface area contributed by atoms with Gasteiger partial charge >= 0.3 is 0 Å². The Morgan fingerprint density at radius 3 is 2.60 bits per heavy atom. The van der Waals surface area contributed by atoms with Crippen molar-refractivity contribution in [2.45, 2.75) is 45.1 Å². The van der Waals surface area contributed by atoms with E-state index in [1.54, 1.807) is 0 Å². The van der Waals surface area contributed by atoms with Crippen LogP contribution in [0.15, 0.2) is 0 Å². The van der Waals surface area contributed by atoms with Crippen LogP contribution in [0.5, 0.6) is 0 Å². The normalized spacial score (nSPS) is 20.4. The largest absolute Gasteiger partial charge is 0.393 e. The Morgan fingerprint density at radius 2 is 1.93 bits per heavy atom. The van der Waals surface area contributed by atoms with Crippen molar-refractivity contribution in [2.75, 3.05) is 32.8 Å². The molecule has 0 amide bonds. The highest BCUT2D eigenvalue weighted by Crippen LogP contribution is 2.07. The molecular weight excluding hydrogens is 190 g/mol. The molecule has 0 aliphatic carbocycles. The van der Waals surface area contributed by atoms with Crippen LogP contribution < -0.4 is 0 Å². The first-order chi connectivity index (χ1) is 7.33. The summed E-state index contributed by atoms with van der Waals surface area (Å²) in [5.74, 6) is 0. The number of aliphatic hydroxyl groups excluding tert-OH is 1. The summed E-state index contributed by atoms with van der Waals surface area (Å²) < 4.78 is 5.29. The van der Waals surface area contributed by atoms with Gasteiger partial charge in [0.1, 0.15) is 0 Å². The Hall–Kier alpha value is -0.120. The zero-order valence-electron chi connectivity index (χ0n) is 9.95. The standard InChI is InChI=1S/C12H25NO2/c1-2-5-12(14)6-3-4-7-13-8-10-15-11-9-13/h12,14H,2-11H2,1H3. The fourth-order valence-corrected chi connectivity index (χ4v) is 2.02. The molecule has 0 aromatic heterocycles. The van der Waals surface area contributed by atoms with Gasteiger partial charge < -0.3 is 9.84 Å². The lowest BCUT2D eigenvalue weighted by Crippen LogP contribution is -2.36. The number of hydrogen-bond acceptors (Lipinski definition) is 3. The number of unbranched alkanes of at least 4 members (excludes halogenated alkanes) is 1. The van der Waals surface area contributed by atoms with E-state index in [9.17, 15) is 5.11 Å². The maximum absolute atomic E-state index is 9.55. The molecule has 15 heavy (non-hydrogen) atoms. The topological polar surface area (TPSA) is 32.7 Å². The smallest absolute Gasteiger partial charge is 0.0594 e. The lowest BCUT2D eigenvalue weighted by Gasteiger charge is -2.26. The van der Waals surface area contributed by atoms with Crippen LogP contribution in [0.1, 0.15) is 39.0 Å². The highest BCUT2D eigenvalue weighted by atomic mass is 16.5. The summed E-state index contributed by atoms with van der Waals surface area (Å²) in [4.78, 5) is 2.45. The SMILES string of the molecule is CCCC(O)CCCCN1CCOCC1. The lowest BCUT2D eigenvalue weighted by molar-refractivity contribution is 0.0365. The number of nitrogens with zero attached hydrogens (tertiary/aromatic N) is 1. The van der Waals surface area contributed by atoms with E-state index >= 15 is 0 Å². The minimum Gasteiger partial charge on any atom is -0.393 e. The molecule has 1 unspecified atom stereocenters. The maximum Gasteiger partial charge on any atom is 0.0594 e. The van der Waals surface area contributed by atoms with Gasteiger partial charge in [0, 0.05) is 13.1 Å². The van der Waals surface area contributed by atoms with E-state index in [1.807, 2.05) is 0 Å². The van der Waals surface area contributed by atoms with Gasteiger partial charge in [-0.25, -0.2) is 0 Å². The lowest BCUT2D eigenvalue weighted by atomic mass is 10.1. The van der Waals surface area contributed by atoms with Gasteiger partial charge in [0.25, 0.3) is 0 Å². The molecule has 0 aromatic rings. The Kier molecular flexibility index (Phi) is 6.98. The summed E-state index contributed by atoms with van der Waals surface area (Å²) >= 11 is 0. The molecule has 1 heterocycles. The van der Waals surface area contributed by atoms with Gasteiger partial charge in [0.2, 0.25) is 0 Å². The number of hydrogen-bond donors (Lipinski definition) is 1. The van der Waals surface area contributed by atoms with E-state index in [4.69, 9.17) is 4.74 Å². The zero-order valence-corrected chi connectivity index (χ0v) is 9.95. The van der Waals surface area contributed by atoms with E-state index in [1.165, 1.54) is 13.0 Å². The van der Waals surface area contributed by atoms with Crippen LogP contribution in [0.2, 0.25) is 0 Å². The number of ether oxygens (including phenoxy) is 1.